The third-order valence-electron chi connectivity index (χ3n) is 4.01. The Morgan fingerprint density at radius 2 is 2.00 bits per heavy atom. The lowest BCUT2D eigenvalue weighted by molar-refractivity contribution is -0.340. The minimum Gasteiger partial charge on any atom is -0.386 e. The first-order chi connectivity index (χ1) is 10.2. The molecule has 0 spiro atoms. The molecule has 21 heavy (non-hydrogen) atoms. The third-order valence-corrected chi connectivity index (χ3v) is 4.01. The Labute approximate surface area is 124 Å². The van der Waals surface area contributed by atoms with Crippen molar-refractivity contribution < 1.29 is 24.1 Å². The lowest BCUT2D eigenvalue weighted by atomic mass is 9.95. The van der Waals surface area contributed by atoms with Crippen molar-refractivity contribution in [1.29, 1.82) is 0 Å². The fourth-order valence-electron chi connectivity index (χ4n) is 2.91. The predicted molar refractivity (Wildman–Crippen MR) is 74.5 cm³/mol. The van der Waals surface area contributed by atoms with Crippen LogP contribution in [0, 0.1) is 0 Å². The SMILES string of the molecule is CN[C@@H]1[C@@H](O)[C@@H](OC)O[C@@H]2COC(c3ccccc3)O[C@@H]12. The molecule has 2 aliphatic heterocycles. The first kappa shape index (κ1) is 14.9. The quantitative estimate of drug-likeness (QED) is 0.842. The van der Waals surface area contributed by atoms with Crippen molar-refractivity contribution in [1.82, 2.24) is 5.32 Å². The van der Waals surface area contributed by atoms with Gasteiger partial charge in [-0.1, -0.05) is 30.3 Å². The van der Waals surface area contributed by atoms with E-state index in [2.05, 4.69) is 5.32 Å². The molecule has 116 valence electrons. The van der Waals surface area contributed by atoms with E-state index in [9.17, 15) is 5.11 Å². The Bertz CT molecular complexity index is 457. The first-order valence-electron chi connectivity index (χ1n) is 7.10. The Kier molecular flexibility index (Phi) is 4.54. The zero-order valence-corrected chi connectivity index (χ0v) is 12.1. The molecule has 6 heteroatoms. The average molecular weight is 295 g/mol. The van der Waals surface area contributed by atoms with Gasteiger partial charge in [-0.15, -0.1) is 0 Å². The molecule has 0 bridgehead atoms. The maximum Gasteiger partial charge on any atom is 0.185 e. The molecule has 3 rings (SSSR count). The highest BCUT2D eigenvalue weighted by Gasteiger charge is 2.48. The van der Waals surface area contributed by atoms with Crippen LogP contribution >= 0.6 is 0 Å². The molecule has 2 heterocycles. The van der Waals surface area contributed by atoms with Crippen molar-refractivity contribution in [2.75, 3.05) is 20.8 Å². The average Bonchev–Trinajstić information content (AvgIpc) is 2.54. The number of aliphatic hydroxyl groups is 1. The van der Waals surface area contributed by atoms with Gasteiger partial charge in [-0.2, -0.15) is 0 Å². The van der Waals surface area contributed by atoms with E-state index in [1.165, 1.54) is 7.11 Å². The van der Waals surface area contributed by atoms with Crippen molar-refractivity contribution in [3.05, 3.63) is 35.9 Å². The molecule has 0 saturated carbocycles. The van der Waals surface area contributed by atoms with Gasteiger partial charge in [0.05, 0.1) is 12.6 Å². The molecule has 2 saturated heterocycles. The topological polar surface area (TPSA) is 69.2 Å². The largest absolute Gasteiger partial charge is 0.386 e. The molecule has 0 radical (unpaired) electrons. The number of likely N-dealkylation sites (N-methyl/N-ethyl adjacent to an activating group) is 1. The van der Waals surface area contributed by atoms with Crippen LogP contribution < -0.4 is 5.32 Å². The molecule has 6 nitrogen and oxygen atoms in total. The summed E-state index contributed by atoms with van der Waals surface area (Å²) in [5.41, 5.74) is 0.953. The second kappa shape index (κ2) is 6.39. The van der Waals surface area contributed by atoms with Crippen LogP contribution in [0.1, 0.15) is 11.9 Å². The highest BCUT2D eigenvalue weighted by Crippen LogP contribution is 2.33. The Hall–Kier alpha value is -1.02. The van der Waals surface area contributed by atoms with Gasteiger partial charge >= 0.3 is 0 Å². The van der Waals surface area contributed by atoms with Crippen LogP contribution in [0.5, 0.6) is 0 Å². The maximum atomic E-state index is 10.3. The minimum atomic E-state index is -0.796. The van der Waals surface area contributed by atoms with E-state index in [-0.39, 0.29) is 18.2 Å². The van der Waals surface area contributed by atoms with Gasteiger partial charge in [0.25, 0.3) is 0 Å². The van der Waals surface area contributed by atoms with Crippen molar-refractivity contribution in [2.24, 2.45) is 0 Å². The van der Waals surface area contributed by atoms with Gasteiger partial charge in [-0.3, -0.25) is 0 Å². The van der Waals surface area contributed by atoms with Gasteiger partial charge in [-0.25, -0.2) is 0 Å². The van der Waals surface area contributed by atoms with Crippen molar-refractivity contribution in [2.45, 2.75) is 36.9 Å². The first-order valence-corrected chi connectivity index (χ1v) is 7.10. The molecule has 2 aliphatic rings. The normalized spacial score (nSPS) is 39.8. The van der Waals surface area contributed by atoms with Crippen molar-refractivity contribution in [3.63, 3.8) is 0 Å². The number of aliphatic hydroxyl groups excluding tert-OH is 1. The second-order valence-electron chi connectivity index (χ2n) is 5.26. The zero-order valence-electron chi connectivity index (χ0n) is 12.1. The van der Waals surface area contributed by atoms with Crippen molar-refractivity contribution >= 4 is 0 Å². The van der Waals surface area contributed by atoms with Crippen LogP contribution in [0.2, 0.25) is 0 Å². The van der Waals surface area contributed by atoms with Crippen LogP contribution in [0.3, 0.4) is 0 Å². The smallest absolute Gasteiger partial charge is 0.185 e. The summed E-state index contributed by atoms with van der Waals surface area (Å²) in [5.74, 6) is 0. The van der Waals surface area contributed by atoms with Gasteiger partial charge in [0, 0.05) is 12.7 Å². The van der Waals surface area contributed by atoms with E-state index in [4.69, 9.17) is 18.9 Å². The molecule has 2 N–H and O–H groups in total. The fraction of sp³-hybridized carbons (Fsp3) is 0.600. The summed E-state index contributed by atoms with van der Waals surface area (Å²) in [6, 6.07) is 9.47. The molecule has 0 aliphatic carbocycles. The standard InChI is InChI=1S/C15H21NO5/c1-16-11-12(17)15(18-2)20-10-8-19-14(21-13(10)11)9-6-4-3-5-7-9/h3-7,10-17H,8H2,1-2H3/t10-,11-,12-,13-,14?,15+/m1/s1. The predicted octanol–water partition coefficient (Wildman–Crippen LogP) is 0.421. The molecular weight excluding hydrogens is 274 g/mol. The molecule has 6 atom stereocenters. The Morgan fingerprint density at radius 3 is 2.67 bits per heavy atom. The van der Waals surface area contributed by atoms with Crippen LogP contribution in [-0.2, 0) is 18.9 Å². The highest BCUT2D eigenvalue weighted by atomic mass is 16.7. The van der Waals surface area contributed by atoms with Gasteiger partial charge in [0.2, 0.25) is 0 Å². The molecule has 0 amide bonds. The molecule has 2 fully saturated rings. The Morgan fingerprint density at radius 1 is 1.24 bits per heavy atom. The van der Waals surface area contributed by atoms with Gasteiger partial charge < -0.3 is 29.4 Å². The zero-order chi connectivity index (χ0) is 14.8. The second-order valence-corrected chi connectivity index (χ2v) is 5.26. The van der Waals surface area contributed by atoms with Crippen LogP contribution in [0.15, 0.2) is 30.3 Å². The summed E-state index contributed by atoms with van der Waals surface area (Å²) in [5, 5.41) is 13.4. The Balaban J connectivity index is 1.77. The molecule has 1 aromatic rings. The number of hydrogen-bond donors (Lipinski definition) is 2. The number of hydrogen-bond acceptors (Lipinski definition) is 6. The van der Waals surface area contributed by atoms with Crippen LogP contribution in [0.4, 0.5) is 0 Å². The monoisotopic (exact) mass is 295 g/mol. The molecule has 1 unspecified atom stereocenters. The highest BCUT2D eigenvalue weighted by molar-refractivity contribution is 5.16. The summed E-state index contributed by atoms with van der Waals surface area (Å²) < 4.78 is 22.6. The lowest BCUT2D eigenvalue weighted by Crippen LogP contribution is -2.65. The number of rotatable bonds is 3. The van der Waals surface area contributed by atoms with E-state index in [1.807, 2.05) is 30.3 Å². The lowest BCUT2D eigenvalue weighted by Gasteiger charge is -2.47. The van der Waals surface area contributed by atoms with Gasteiger partial charge in [0.1, 0.15) is 18.3 Å². The summed E-state index contributed by atoms with van der Waals surface area (Å²) >= 11 is 0. The maximum absolute atomic E-state index is 10.3. The van der Waals surface area contributed by atoms with E-state index in [1.54, 1.807) is 7.05 Å². The number of methoxy groups -OCH3 is 1. The van der Waals surface area contributed by atoms with Gasteiger partial charge in [-0.05, 0) is 7.05 Å². The molecule has 0 aromatic heterocycles. The summed E-state index contributed by atoms with van der Waals surface area (Å²) in [7, 11) is 3.30. The van der Waals surface area contributed by atoms with Gasteiger partial charge in [0.15, 0.2) is 12.6 Å². The number of fused-ring (bicyclic) bond motifs is 1. The number of benzene rings is 1. The summed E-state index contributed by atoms with van der Waals surface area (Å²) in [4.78, 5) is 0. The van der Waals surface area contributed by atoms with Crippen LogP contribution in [0.25, 0.3) is 0 Å². The summed E-state index contributed by atoms with van der Waals surface area (Å²) in [6.45, 7) is 0.398. The fourth-order valence-corrected chi connectivity index (χ4v) is 2.91. The van der Waals surface area contributed by atoms with E-state index in [0.29, 0.717) is 6.61 Å². The van der Waals surface area contributed by atoms with E-state index < -0.39 is 18.7 Å². The minimum absolute atomic E-state index is 0.268. The van der Waals surface area contributed by atoms with Crippen molar-refractivity contribution in [3.8, 4) is 0 Å². The summed E-state index contributed by atoms with van der Waals surface area (Å²) in [6.07, 6.45) is -2.48. The molecule has 1 aromatic carbocycles. The third kappa shape index (κ3) is 2.83. The molecular formula is C15H21NO5. The number of nitrogens with one attached hydrogen (secondary N) is 1. The van der Waals surface area contributed by atoms with E-state index in [0.717, 1.165) is 5.56 Å². The van der Waals surface area contributed by atoms with Crippen LogP contribution in [-0.4, -0.2) is 56.5 Å². The van der Waals surface area contributed by atoms with E-state index >= 15 is 0 Å². The number of ether oxygens (including phenoxy) is 4.